The third-order valence-electron chi connectivity index (χ3n) is 3.44. The normalized spacial score (nSPS) is 10.7. The second-order valence-corrected chi connectivity index (χ2v) is 5.58. The number of hydrogen-bond donors (Lipinski definition) is 1. The standard InChI is InChI=1S/C17H21N3O/c1-11(2)16-13(6-5-9-19-16)12-7-8-15(20(3)4)14(10-12)17(18)21/h5-11H,1-4H3,(H2,18,21). The lowest BCUT2D eigenvalue weighted by Gasteiger charge is -2.18. The minimum absolute atomic E-state index is 0.312. The summed E-state index contributed by atoms with van der Waals surface area (Å²) in [7, 11) is 3.79. The van der Waals surface area contributed by atoms with Crippen LogP contribution in [0.25, 0.3) is 11.1 Å². The molecule has 0 saturated carbocycles. The number of benzene rings is 1. The van der Waals surface area contributed by atoms with E-state index in [1.54, 1.807) is 6.20 Å². The maximum absolute atomic E-state index is 11.7. The van der Waals surface area contributed by atoms with E-state index in [0.717, 1.165) is 22.5 Å². The quantitative estimate of drug-likeness (QED) is 0.938. The van der Waals surface area contributed by atoms with Gasteiger partial charge >= 0.3 is 0 Å². The fourth-order valence-electron chi connectivity index (χ4n) is 2.41. The van der Waals surface area contributed by atoms with Crippen molar-refractivity contribution in [2.75, 3.05) is 19.0 Å². The zero-order valence-corrected chi connectivity index (χ0v) is 12.9. The molecule has 2 rings (SSSR count). The van der Waals surface area contributed by atoms with E-state index < -0.39 is 5.91 Å². The molecular weight excluding hydrogens is 262 g/mol. The van der Waals surface area contributed by atoms with Crippen LogP contribution in [0.1, 0.15) is 35.8 Å². The van der Waals surface area contributed by atoms with E-state index in [9.17, 15) is 4.79 Å². The lowest BCUT2D eigenvalue weighted by Crippen LogP contribution is -2.18. The average Bonchev–Trinajstić information content (AvgIpc) is 2.46. The van der Waals surface area contributed by atoms with Crippen molar-refractivity contribution in [3.8, 4) is 11.1 Å². The molecule has 0 aliphatic rings. The van der Waals surface area contributed by atoms with Crippen molar-refractivity contribution in [3.63, 3.8) is 0 Å². The summed E-state index contributed by atoms with van der Waals surface area (Å²) in [5, 5.41) is 0. The van der Waals surface area contributed by atoms with Crippen LogP contribution < -0.4 is 10.6 Å². The van der Waals surface area contributed by atoms with Crippen LogP contribution in [0.15, 0.2) is 36.5 Å². The molecule has 4 nitrogen and oxygen atoms in total. The van der Waals surface area contributed by atoms with Gasteiger partial charge in [0.05, 0.1) is 11.3 Å². The van der Waals surface area contributed by atoms with Crippen LogP contribution in [0.4, 0.5) is 5.69 Å². The summed E-state index contributed by atoms with van der Waals surface area (Å²) in [5.74, 6) is -0.109. The Morgan fingerprint density at radius 1 is 1.24 bits per heavy atom. The summed E-state index contributed by atoms with van der Waals surface area (Å²) in [6.45, 7) is 4.21. The minimum atomic E-state index is -0.421. The highest BCUT2D eigenvalue weighted by Crippen LogP contribution is 2.30. The predicted molar refractivity (Wildman–Crippen MR) is 86.6 cm³/mol. The predicted octanol–water partition coefficient (Wildman–Crippen LogP) is 3.04. The first kappa shape index (κ1) is 15.0. The van der Waals surface area contributed by atoms with Crippen molar-refractivity contribution in [1.29, 1.82) is 0 Å². The van der Waals surface area contributed by atoms with E-state index in [1.165, 1.54) is 0 Å². The van der Waals surface area contributed by atoms with Crippen LogP contribution in [0.5, 0.6) is 0 Å². The molecule has 1 aromatic heterocycles. The van der Waals surface area contributed by atoms with E-state index in [0.29, 0.717) is 11.5 Å². The molecule has 1 aromatic carbocycles. The number of aromatic nitrogens is 1. The highest BCUT2D eigenvalue weighted by Gasteiger charge is 2.14. The second-order valence-electron chi connectivity index (χ2n) is 5.58. The monoisotopic (exact) mass is 283 g/mol. The van der Waals surface area contributed by atoms with Crippen molar-refractivity contribution in [3.05, 3.63) is 47.8 Å². The zero-order valence-electron chi connectivity index (χ0n) is 12.9. The van der Waals surface area contributed by atoms with Crippen LogP contribution in [0.2, 0.25) is 0 Å². The van der Waals surface area contributed by atoms with E-state index in [4.69, 9.17) is 5.73 Å². The fraction of sp³-hybridized carbons (Fsp3) is 0.294. The number of nitrogens with two attached hydrogens (primary N) is 1. The molecule has 21 heavy (non-hydrogen) atoms. The van der Waals surface area contributed by atoms with E-state index in [1.807, 2.05) is 49.3 Å². The van der Waals surface area contributed by atoms with Crippen LogP contribution >= 0.6 is 0 Å². The minimum Gasteiger partial charge on any atom is -0.377 e. The van der Waals surface area contributed by atoms with Gasteiger partial charge in [-0.05, 0) is 29.7 Å². The van der Waals surface area contributed by atoms with E-state index in [2.05, 4.69) is 18.8 Å². The molecule has 2 N–H and O–H groups in total. The van der Waals surface area contributed by atoms with Gasteiger partial charge in [0.2, 0.25) is 0 Å². The Labute approximate surface area is 125 Å². The molecule has 1 heterocycles. The van der Waals surface area contributed by atoms with Gasteiger partial charge in [0, 0.05) is 31.5 Å². The molecule has 4 heteroatoms. The van der Waals surface area contributed by atoms with E-state index in [-0.39, 0.29) is 0 Å². The molecule has 0 aliphatic carbocycles. The maximum atomic E-state index is 11.7. The van der Waals surface area contributed by atoms with Crippen LogP contribution in [-0.4, -0.2) is 25.0 Å². The van der Waals surface area contributed by atoms with Gasteiger partial charge in [-0.1, -0.05) is 26.0 Å². The number of anilines is 1. The summed E-state index contributed by atoms with van der Waals surface area (Å²) in [5.41, 5.74) is 9.89. The molecule has 2 aromatic rings. The summed E-state index contributed by atoms with van der Waals surface area (Å²) >= 11 is 0. The Bertz CT molecular complexity index is 663. The molecule has 0 radical (unpaired) electrons. The van der Waals surface area contributed by atoms with Gasteiger partial charge < -0.3 is 10.6 Å². The number of nitrogens with zero attached hydrogens (tertiary/aromatic N) is 2. The van der Waals surface area contributed by atoms with Crippen molar-refractivity contribution in [1.82, 2.24) is 4.98 Å². The molecule has 0 atom stereocenters. The van der Waals surface area contributed by atoms with E-state index >= 15 is 0 Å². The lowest BCUT2D eigenvalue weighted by molar-refractivity contribution is 0.100. The van der Waals surface area contributed by atoms with Gasteiger partial charge in [-0.3, -0.25) is 9.78 Å². The Kier molecular flexibility index (Phi) is 4.26. The molecule has 110 valence electrons. The SMILES string of the molecule is CC(C)c1ncccc1-c1ccc(N(C)C)c(C(N)=O)c1. The summed E-state index contributed by atoms with van der Waals surface area (Å²) in [6.07, 6.45) is 1.79. The molecule has 1 amide bonds. The van der Waals surface area contributed by atoms with Gasteiger partial charge in [-0.2, -0.15) is 0 Å². The molecule has 0 bridgehead atoms. The molecule has 0 fully saturated rings. The van der Waals surface area contributed by atoms with Crippen LogP contribution in [-0.2, 0) is 0 Å². The van der Waals surface area contributed by atoms with Crippen molar-refractivity contribution >= 4 is 11.6 Å². The second kappa shape index (κ2) is 5.95. The highest BCUT2D eigenvalue weighted by molar-refractivity contribution is 6.00. The maximum Gasteiger partial charge on any atom is 0.250 e. The number of hydrogen-bond acceptors (Lipinski definition) is 3. The number of carbonyl (C=O) groups is 1. The first-order valence-corrected chi connectivity index (χ1v) is 6.98. The Morgan fingerprint density at radius 3 is 2.52 bits per heavy atom. The smallest absolute Gasteiger partial charge is 0.250 e. The molecule has 0 saturated heterocycles. The van der Waals surface area contributed by atoms with Gasteiger partial charge in [0.25, 0.3) is 5.91 Å². The Morgan fingerprint density at radius 2 is 1.95 bits per heavy atom. The summed E-state index contributed by atoms with van der Waals surface area (Å²) in [6, 6.07) is 9.71. The van der Waals surface area contributed by atoms with Crippen molar-refractivity contribution in [2.24, 2.45) is 5.73 Å². The van der Waals surface area contributed by atoms with Gasteiger partial charge in [0.15, 0.2) is 0 Å². The lowest BCUT2D eigenvalue weighted by atomic mass is 9.95. The zero-order chi connectivity index (χ0) is 15.6. The van der Waals surface area contributed by atoms with Gasteiger partial charge in [0.1, 0.15) is 0 Å². The topological polar surface area (TPSA) is 59.2 Å². The van der Waals surface area contributed by atoms with Crippen molar-refractivity contribution < 1.29 is 4.79 Å². The third kappa shape index (κ3) is 3.05. The number of amides is 1. The largest absolute Gasteiger partial charge is 0.377 e. The molecule has 0 spiro atoms. The Hall–Kier alpha value is -2.36. The number of rotatable bonds is 4. The number of primary amides is 1. The fourth-order valence-corrected chi connectivity index (χ4v) is 2.41. The molecule has 0 unspecified atom stereocenters. The van der Waals surface area contributed by atoms with Gasteiger partial charge in [-0.25, -0.2) is 0 Å². The van der Waals surface area contributed by atoms with Crippen LogP contribution in [0, 0.1) is 0 Å². The third-order valence-corrected chi connectivity index (χ3v) is 3.44. The molecular formula is C17H21N3O. The molecule has 0 aliphatic heterocycles. The number of pyridine rings is 1. The van der Waals surface area contributed by atoms with Gasteiger partial charge in [-0.15, -0.1) is 0 Å². The number of carbonyl (C=O) groups excluding carboxylic acids is 1. The highest BCUT2D eigenvalue weighted by atomic mass is 16.1. The first-order valence-electron chi connectivity index (χ1n) is 6.98. The van der Waals surface area contributed by atoms with Crippen molar-refractivity contribution in [2.45, 2.75) is 19.8 Å². The summed E-state index contributed by atoms with van der Waals surface area (Å²) < 4.78 is 0. The summed E-state index contributed by atoms with van der Waals surface area (Å²) in [4.78, 5) is 18.1. The average molecular weight is 283 g/mol. The van der Waals surface area contributed by atoms with Crippen LogP contribution in [0.3, 0.4) is 0 Å². The Balaban J connectivity index is 2.61. The first-order chi connectivity index (χ1) is 9.91.